The minimum Gasteiger partial charge on any atom is -0.366 e. The van der Waals surface area contributed by atoms with Crippen LogP contribution in [0.25, 0.3) is 0 Å². The van der Waals surface area contributed by atoms with Crippen LogP contribution in [0.15, 0.2) is 12.3 Å². The fourth-order valence-electron chi connectivity index (χ4n) is 0.753. The number of aromatic nitrogens is 1. The standard InChI is InChI=1S/C6H7N2/c1-2-7-5-6(1)8-3-4-8/h1-2,7H,3-4H2. The smallest absolute Gasteiger partial charge is 0.0878 e. The Bertz CT molecular complexity index is 163. The number of H-pyrrole nitrogens is 1. The Kier molecular flexibility index (Phi) is 0.640. The van der Waals surface area contributed by atoms with Gasteiger partial charge in [0.05, 0.1) is 11.9 Å². The van der Waals surface area contributed by atoms with Gasteiger partial charge in [0.25, 0.3) is 0 Å². The molecule has 2 heterocycles. The molecule has 8 heavy (non-hydrogen) atoms. The number of rotatable bonds is 1. The van der Waals surface area contributed by atoms with Gasteiger partial charge in [-0.25, -0.2) is 0 Å². The lowest BCUT2D eigenvalue weighted by molar-refractivity contribution is 1.35. The Hall–Kier alpha value is -0.920. The topological polar surface area (TPSA) is 18.8 Å². The van der Waals surface area contributed by atoms with Crippen molar-refractivity contribution in [3.63, 3.8) is 0 Å². The first-order valence-electron chi connectivity index (χ1n) is 2.77. The van der Waals surface area contributed by atoms with E-state index in [9.17, 15) is 0 Å². The van der Waals surface area contributed by atoms with E-state index >= 15 is 0 Å². The monoisotopic (exact) mass is 107 g/mol. The van der Waals surface area contributed by atoms with Crippen LogP contribution in [0.1, 0.15) is 0 Å². The van der Waals surface area contributed by atoms with Crippen LogP contribution in [-0.2, 0) is 0 Å². The minimum absolute atomic E-state index is 1.20. The highest BCUT2D eigenvalue weighted by atomic mass is 15.3. The van der Waals surface area contributed by atoms with Gasteiger partial charge >= 0.3 is 0 Å². The third-order valence-electron chi connectivity index (χ3n) is 1.31. The quantitative estimate of drug-likeness (QED) is 0.521. The highest BCUT2D eigenvalue weighted by Crippen LogP contribution is 2.17. The Morgan fingerprint density at radius 1 is 1.62 bits per heavy atom. The van der Waals surface area contributed by atoms with E-state index in [0.29, 0.717) is 0 Å². The van der Waals surface area contributed by atoms with Crippen molar-refractivity contribution in [2.24, 2.45) is 0 Å². The summed E-state index contributed by atoms with van der Waals surface area (Å²) >= 11 is 0. The molecule has 0 unspecified atom stereocenters. The molecule has 2 heteroatoms. The fraction of sp³-hybridized carbons (Fsp3) is 0.333. The van der Waals surface area contributed by atoms with Crippen LogP contribution >= 0.6 is 0 Å². The van der Waals surface area contributed by atoms with Crippen molar-refractivity contribution in [3.05, 3.63) is 18.5 Å². The fourth-order valence-corrected chi connectivity index (χ4v) is 0.753. The molecule has 2 nitrogen and oxygen atoms in total. The maximum Gasteiger partial charge on any atom is 0.0878 e. The Labute approximate surface area is 48.1 Å². The summed E-state index contributed by atoms with van der Waals surface area (Å²) in [7, 11) is 0. The van der Waals surface area contributed by atoms with Crippen molar-refractivity contribution in [2.75, 3.05) is 18.0 Å². The van der Waals surface area contributed by atoms with E-state index in [1.54, 1.807) is 0 Å². The summed E-state index contributed by atoms with van der Waals surface area (Å²) in [6.07, 6.45) is 4.90. The molecule has 1 N–H and O–H groups in total. The molecule has 0 aromatic carbocycles. The largest absolute Gasteiger partial charge is 0.366 e. The number of nitrogens with one attached hydrogen (secondary N) is 1. The van der Waals surface area contributed by atoms with Crippen LogP contribution in [0.4, 0.5) is 5.69 Å². The van der Waals surface area contributed by atoms with Gasteiger partial charge in [-0.3, -0.25) is 0 Å². The van der Waals surface area contributed by atoms with Crippen LogP contribution < -0.4 is 4.90 Å². The van der Waals surface area contributed by atoms with Crippen LogP contribution in [0.5, 0.6) is 0 Å². The van der Waals surface area contributed by atoms with Gasteiger partial charge in [-0.05, 0) is 6.07 Å². The molecule has 1 aliphatic heterocycles. The normalized spacial score (nSPS) is 16.8. The summed E-state index contributed by atoms with van der Waals surface area (Å²) < 4.78 is 0. The molecule has 1 aromatic rings. The first kappa shape index (κ1) is 4.01. The average Bonchev–Trinajstić information content (AvgIpc) is 2.49. The molecular formula is C6H7N2. The van der Waals surface area contributed by atoms with E-state index in [4.69, 9.17) is 0 Å². The van der Waals surface area contributed by atoms with Crippen molar-refractivity contribution in [1.82, 2.24) is 4.98 Å². The Morgan fingerprint density at radius 3 is 3.00 bits per heavy atom. The van der Waals surface area contributed by atoms with E-state index < -0.39 is 0 Å². The summed E-state index contributed by atoms with van der Waals surface area (Å²) in [4.78, 5) is 5.13. The van der Waals surface area contributed by atoms with E-state index in [-0.39, 0.29) is 0 Å². The molecule has 0 bridgehead atoms. The number of nitrogens with zero attached hydrogens (tertiary/aromatic N) is 1. The predicted molar refractivity (Wildman–Crippen MR) is 31.8 cm³/mol. The third-order valence-corrected chi connectivity index (χ3v) is 1.31. The lowest BCUT2D eigenvalue weighted by Gasteiger charge is -1.90. The molecule has 0 spiro atoms. The molecule has 1 aliphatic rings. The molecule has 0 atom stereocenters. The van der Waals surface area contributed by atoms with Gasteiger partial charge in [0.2, 0.25) is 0 Å². The van der Waals surface area contributed by atoms with Gasteiger partial charge in [-0.1, -0.05) is 0 Å². The molecule has 1 saturated heterocycles. The van der Waals surface area contributed by atoms with Crippen LogP contribution in [0.2, 0.25) is 0 Å². The highest BCUT2D eigenvalue weighted by Gasteiger charge is 2.17. The second-order valence-electron chi connectivity index (χ2n) is 1.97. The number of anilines is 1. The van der Waals surface area contributed by atoms with Crippen molar-refractivity contribution in [3.8, 4) is 0 Å². The zero-order chi connectivity index (χ0) is 5.40. The zero-order valence-electron chi connectivity index (χ0n) is 4.52. The Balaban J connectivity index is 2.28. The zero-order valence-corrected chi connectivity index (χ0v) is 4.52. The van der Waals surface area contributed by atoms with E-state index in [0.717, 1.165) is 0 Å². The van der Waals surface area contributed by atoms with Crippen LogP contribution in [0, 0.1) is 6.20 Å². The predicted octanol–water partition coefficient (Wildman–Crippen LogP) is 0.635. The van der Waals surface area contributed by atoms with E-state index in [2.05, 4.69) is 16.1 Å². The van der Waals surface area contributed by atoms with Gasteiger partial charge in [-0.15, -0.1) is 0 Å². The molecule has 41 valence electrons. The molecule has 1 fully saturated rings. The lowest BCUT2D eigenvalue weighted by atomic mass is 10.5. The second-order valence-corrected chi connectivity index (χ2v) is 1.97. The minimum atomic E-state index is 1.20. The van der Waals surface area contributed by atoms with Gasteiger partial charge in [0.15, 0.2) is 0 Å². The van der Waals surface area contributed by atoms with E-state index in [1.807, 2.05) is 12.3 Å². The summed E-state index contributed by atoms with van der Waals surface area (Å²) in [5.74, 6) is 0. The molecule has 1 radical (unpaired) electrons. The van der Waals surface area contributed by atoms with Crippen molar-refractivity contribution < 1.29 is 0 Å². The first-order valence-corrected chi connectivity index (χ1v) is 2.77. The maximum atomic E-state index is 3.00. The molecule has 0 aliphatic carbocycles. The average molecular weight is 107 g/mol. The molecule has 0 amide bonds. The highest BCUT2D eigenvalue weighted by molar-refractivity contribution is 5.48. The van der Waals surface area contributed by atoms with Crippen LogP contribution in [0.3, 0.4) is 0 Å². The third kappa shape index (κ3) is 0.494. The molecule has 2 rings (SSSR count). The van der Waals surface area contributed by atoms with Gasteiger partial charge in [-0.2, -0.15) is 0 Å². The van der Waals surface area contributed by atoms with Crippen molar-refractivity contribution >= 4 is 5.69 Å². The molecular weight excluding hydrogens is 100 g/mol. The summed E-state index contributed by atoms with van der Waals surface area (Å²) in [6.45, 7) is 2.41. The van der Waals surface area contributed by atoms with Crippen LogP contribution in [-0.4, -0.2) is 18.1 Å². The first-order chi connectivity index (χ1) is 3.97. The van der Waals surface area contributed by atoms with Gasteiger partial charge < -0.3 is 9.88 Å². The molecule has 1 aromatic heterocycles. The van der Waals surface area contributed by atoms with Crippen molar-refractivity contribution in [2.45, 2.75) is 0 Å². The number of hydrogen-bond donors (Lipinski definition) is 1. The maximum absolute atomic E-state index is 3.00. The SMILES string of the molecule is [c]1[nH]ccc1N1CC1. The second kappa shape index (κ2) is 1.28. The summed E-state index contributed by atoms with van der Waals surface area (Å²) in [5, 5.41) is 0. The summed E-state index contributed by atoms with van der Waals surface area (Å²) in [6, 6.07) is 2.03. The van der Waals surface area contributed by atoms with Gasteiger partial charge in [0, 0.05) is 19.3 Å². The van der Waals surface area contributed by atoms with Crippen molar-refractivity contribution in [1.29, 1.82) is 0 Å². The number of hydrogen-bond acceptors (Lipinski definition) is 1. The van der Waals surface area contributed by atoms with Gasteiger partial charge in [0.1, 0.15) is 0 Å². The molecule has 0 saturated carbocycles. The number of aromatic amines is 1. The summed E-state index contributed by atoms with van der Waals surface area (Å²) in [5.41, 5.74) is 1.20. The van der Waals surface area contributed by atoms with E-state index in [1.165, 1.54) is 18.8 Å². The Morgan fingerprint density at radius 2 is 2.50 bits per heavy atom. The lowest BCUT2D eigenvalue weighted by Crippen LogP contribution is -1.85.